The molecule has 0 bridgehead atoms. The molecule has 264 valence electrons. The highest BCUT2D eigenvalue weighted by Gasteiger charge is 2.25. The van der Waals surface area contributed by atoms with Gasteiger partial charge in [-0.15, -0.1) is 0 Å². The number of hydrogen-bond donors (Lipinski definition) is 0. The molecule has 0 N–H and O–H groups in total. The predicted molar refractivity (Wildman–Crippen MR) is 235 cm³/mol. The Hall–Kier alpha value is -7.36. The smallest absolute Gasteiger partial charge is 0.143 e. The molecule has 0 aliphatic carbocycles. The van der Waals surface area contributed by atoms with Gasteiger partial charge in [0.1, 0.15) is 22.3 Å². The number of para-hydroxylation sites is 3. The molecule has 11 aromatic rings. The summed E-state index contributed by atoms with van der Waals surface area (Å²) in [7, 11) is 0. The minimum atomic E-state index is 0.722. The fraction of sp³-hybridized carbons (Fsp3) is 0.0189. The number of furan rings is 2. The molecule has 0 aliphatic rings. The zero-order chi connectivity index (χ0) is 37.0. The van der Waals surface area contributed by atoms with Crippen LogP contribution in [0.1, 0.15) is 16.7 Å². The van der Waals surface area contributed by atoms with E-state index in [4.69, 9.17) is 8.83 Å². The molecule has 0 aliphatic heterocycles. The van der Waals surface area contributed by atoms with E-state index in [9.17, 15) is 0 Å². The van der Waals surface area contributed by atoms with Gasteiger partial charge in [0.2, 0.25) is 0 Å². The first-order valence-corrected chi connectivity index (χ1v) is 19.1. The maximum atomic E-state index is 7.25. The molecule has 3 nitrogen and oxygen atoms in total. The minimum Gasteiger partial charge on any atom is -0.456 e. The third-order valence-corrected chi connectivity index (χ3v) is 11.0. The Morgan fingerprint density at radius 1 is 0.446 bits per heavy atom. The molecule has 0 atom stereocenters. The van der Waals surface area contributed by atoms with Gasteiger partial charge in [-0.2, -0.15) is 0 Å². The number of nitrogens with zero attached hydrogens (tertiary/aromatic N) is 1. The van der Waals surface area contributed by atoms with Crippen molar-refractivity contribution in [3.05, 3.63) is 211 Å². The molecule has 0 unspecified atom stereocenters. The molecule has 0 saturated carbocycles. The van der Waals surface area contributed by atoms with Crippen molar-refractivity contribution in [3.8, 4) is 0 Å². The monoisotopic (exact) mass is 717 g/mol. The maximum Gasteiger partial charge on any atom is 0.143 e. The molecule has 0 radical (unpaired) electrons. The normalized spacial score (nSPS) is 12.1. The number of anilines is 3. The molecule has 9 aromatic carbocycles. The quantitative estimate of drug-likeness (QED) is 0.154. The van der Waals surface area contributed by atoms with E-state index in [1.54, 1.807) is 0 Å². The first-order valence-electron chi connectivity index (χ1n) is 19.1. The Kier molecular flexibility index (Phi) is 7.56. The Bertz CT molecular complexity index is 3230. The largest absolute Gasteiger partial charge is 0.456 e. The fourth-order valence-corrected chi connectivity index (χ4v) is 8.55. The first-order chi connectivity index (χ1) is 27.8. The van der Waals surface area contributed by atoms with Crippen LogP contribution in [0.4, 0.5) is 17.1 Å². The second-order valence-corrected chi connectivity index (χ2v) is 14.5. The van der Waals surface area contributed by atoms with Gasteiger partial charge in [-0.3, -0.25) is 0 Å². The van der Waals surface area contributed by atoms with E-state index in [1.165, 1.54) is 11.1 Å². The molecule has 56 heavy (non-hydrogen) atoms. The highest BCUT2D eigenvalue weighted by Crippen LogP contribution is 2.49. The van der Waals surface area contributed by atoms with Gasteiger partial charge in [0.15, 0.2) is 0 Å². The van der Waals surface area contributed by atoms with Crippen molar-refractivity contribution in [1.82, 2.24) is 0 Å². The standard InChI is InChI=1S/C53H35NO2/c1-4-16-35(17-5-1)30-39(31-36-28-29-48-45(32-36)44-26-14-15-27-47(44)55-48)50-42-24-12-10-18-37(42)33-46-51-49(56-53(46)50)34-38-19-11-13-25-43(38)52(51)54(40-20-6-2-7-21-40)41-22-8-3-9-23-41/h1-29,31-34H,30H2/b39-31-. The van der Waals surface area contributed by atoms with Gasteiger partial charge in [0, 0.05) is 38.5 Å². The van der Waals surface area contributed by atoms with Crippen molar-refractivity contribution in [2.75, 3.05) is 4.90 Å². The number of fused-ring (bicyclic) bond motifs is 8. The third kappa shape index (κ3) is 5.36. The van der Waals surface area contributed by atoms with Crippen LogP contribution in [0.2, 0.25) is 0 Å². The zero-order valence-corrected chi connectivity index (χ0v) is 30.5. The lowest BCUT2D eigenvalue weighted by Gasteiger charge is -2.27. The van der Waals surface area contributed by atoms with Gasteiger partial charge < -0.3 is 13.7 Å². The highest BCUT2D eigenvalue weighted by molar-refractivity contribution is 6.25. The summed E-state index contributed by atoms with van der Waals surface area (Å²) in [5, 5.41) is 9.00. The van der Waals surface area contributed by atoms with Crippen LogP contribution in [-0.4, -0.2) is 0 Å². The average Bonchev–Trinajstić information content (AvgIpc) is 3.81. The molecule has 2 aromatic heterocycles. The summed E-state index contributed by atoms with van der Waals surface area (Å²) < 4.78 is 13.5. The topological polar surface area (TPSA) is 29.5 Å². The Morgan fingerprint density at radius 3 is 1.77 bits per heavy atom. The lowest BCUT2D eigenvalue weighted by atomic mass is 9.89. The van der Waals surface area contributed by atoms with Crippen LogP contribution >= 0.6 is 0 Å². The molecule has 0 spiro atoms. The van der Waals surface area contributed by atoms with Crippen LogP contribution in [0, 0.1) is 0 Å². The summed E-state index contributed by atoms with van der Waals surface area (Å²) in [6, 6.07) is 68.8. The number of hydrogen-bond acceptors (Lipinski definition) is 3. The van der Waals surface area contributed by atoms with E-state index in [1.807, 2.05) is 12.1 Å². The first kappa shape index (κ1) is 32.1. The Morgan fingerprint density at radius 2 is 1.04 bits per heavy atom. The molecule has 0 fully saturated rings. The summed E-state index contributed by atoms with van der Waals surface area (Å²) in [4.78, 5) is 2.39. The Labute approximate surface area is 324 Å². The third-order valence-electron chi connectivity index (χ3n) is 11.0. The lowest BCUT2D eigenvalue weighted by molar-refractivity contribution is 0.668. The number of benzene rings is 9. The highest BCUT2D eigenvalue weighted by atomic mass is 16.3. The van der Waals surface area contributed by atoms with Crippen LogP contribution in [-0.2, 0) is 6.42 Å². The van der Waals surface area contributed by atoms with Crippen LogP contribution in [0.3, 0.4) is 0 Å². The molecular formula is C53H35NO2. The van der Waals surface area contributed by atoms with Crippen molar-refractivity contribution >= 4 is 94.1 Å². The summed E-state index contributed by atoms with van der Waals surface area (Å²) in [5.41, 5.74) is 11.4. The second kappa shape index (κ2) is 13.2. The van der Waals surface area contributed by atoms with Crippen LogP contribution in [0.15, 0.2) is 203 Å². The van der Waals surface area contributed by atoms with Crippen molar-refractivity contribution in [2.24, 2.45) is 0 Å². The maximum absolute atomic E-state index is 7.25. The van der Waals surface area contributed by atoms with Gasteiger partial charge in [-0.25, -0.2) is 0 Å². The molecule has 3 heteroatoms. The van der Waals surface area contributed by atoms with Crippen molar-refractivity contribution < 1.29 is 8.83 Å². The Balaban J connectivity index is 1.25. The van der Waals surface area contributed by atoms with Gasteiger partial charge in [0.05, 0.1) is 11.1 Å². The molecule has 0 amide bonds. The average molecular weight is 718 g/mol. The summed E-state index contributed by atoms with van der Waals surface area (Å²) in [5.74, 6) is 0. The van der Waals surface area contributed by atoms with Gasteiger partial charge in [0.25, 0.3) is 0 Å². The van der Waals surface area contributed by atoms with Crippen LogP contribution < -0.4 is 4.90 Å². The van der Waals surface area contributed by atoms with Gasteiger partial charge >= 0.3 is 0 Å². The lowest BCUT2D eigenvalue weighted by Crippen LogP contribution is -2.10. The van der Waals surface area contributed by atoms with E-state index >= 15 is 0 Å². The zero-order valence-electron chi connectivity index (χ0n) is 30.5. The van der Waals surface area contributed by atoms with E-state index in [0.717, 1.165) is 100 Å². The van der Waals surface area contributed by atoms with Crippen molar-refractivity contribution in [3.63, 3.8) is 0 Å². The summed E-state index contributed by atoms with van der Waals surface area (Å²) in [6.45, 7) is 0. The van der Waals surface area contributed by atoms with E-state index in [0.29, 0.717) is 0 Å². The SMILES string of the molecule is C(=C(\Cc1ccccc1)c1c2ccccc2cc2c1oc1cc3ccccc3c(N(c3ccccc3)c3ccccc3)c12)/c1ccc2oc3ccccc3c2c1. The summed E-state index contributed by atoms with van der Waals surface area (Å²) >= 11 is 0. The molecule has 11 rings (SSSR count). The summed E-state index contributed by atoms with van der Waals surface area (Å²) in [6.07, 6.45) is 3.07. The van der Waals surface area contributed by atoms with E-state index < -0.39 is 0 Å². The van der Waals surface area contributed by atoms with Crippen molar-refractivity contribution in [2.45, 2.75) is 6.42 Å². The van der Waals surface area contributed by atoms with Gasteiger partial charge in [-0.1, -0.05) is 146 Å². The molecule has 0 saturated heterocycles. The van der Waals surface area contributed by atoms with E-state index in [-0.39, 0.29) is 0 Å². The molecule has 2 heterocycles. The fourth-order valence-electron chi connectivity index (χ4n) is 8.55. The van der Waals surface area contributed by atoms with Gasteiger partial charge in [-0.05, 0) is 93.9 Å². The second-order valence-electron chi connectivity index (χ2n) is 14.5. The predicted octanol–water partition coefficient (Wildman–Crippen LogP) is 15.0. The minimum absolute atomic E-state index is 0.722. The van der Waals surface area contributed by atoms with E-state index in [2.05, 4.69) is 193 Å². The number of rotatable bonds is 7. The molecular weight excluding hydrogens is 683 g/mol. The number of allylic oxidation sites excluding steroid dienone is 1. The van der Waals surface area contributed by atoms with Crippen molar-refractivity contribution in [1.29, 1.82) is 0 Å². The van der Waals surface area contributed by atoms with Crippen LogP contribution in [0.25, 0.3) is 77.1 Å². The van der Waals surface area contributed by atoms with Crippen LogP contribution in [0.5, 0.6) is 0 Å².